The van der Waals surface area contributed by atoms with Crippen molar-refractivity contribution >= 4 is 27.8 Å². The van der Waals surface area contributed by atoms with Gasteiger partial charge in [0.1, 0.15) is 0 Å². The van der Waals surface area contributed by atoms with Gasteiger partial charge in [-0.05, 0) is 85.1 Å². The number of hydrogen-bond acceptors (Lipinski definition) is 4. The third-order valence-electron chi connectivity index (χ3n) is 10.0. The molecule has 4 saturated carbocycles. The standard InChI is InChI=1S/C31H28BrN3O/c32-25-8-4-3-7-24(25)26-27(29(36)30-14-19-11-20(15-30)13-21(12-19)16-30)35-10-9-22-5-1-2-6-23(22)28(35)31(26,17-33)18-34/h1-10,19-21,26-28H,11-16H2/t19?,20?,21?,26-,27+,28-,30?/m0/s1. The first-order chi connectivity index (χ1) is 17.5. The highest BCUT2D eigenvalue weighted by Gasteiger charge is 2.67. The van der Waals surface area contributed by atoms with Crippen LogP contribution in [0, 0.1) is 51.2 Å². The van der Waals surface area contributed by atoms with Gasteiger partial charge >= 0.3 is 0 Å². The Balaban J connectivity index is 1.44. The zero-order chi connectivity index (χ0) is 24.7. The Labute approximate surface area is 220 Å². The molecule has 1 saturated heterocycles. The minimum Gasteiger partial charge on any atom is -0.357 e. The maximum absolute atomic E-state index is 15.0. The van der Waals surface area contributed by atoms with Crippen LogP contribution in [0.25, 0.3) is 6.08 Å². The van der Waals surface area contributed by atoms with Crippen LogP contribution in [0.15, 0.2) is 59.2 Å². The van der Waals surface area contributed by atoms with Gasteiger partial charge in [-0.2, -0.15) is 10.5 Å². The lowest BCUT2D eigenvalue weighted by molar-refractivity contribution is -0.148. The molecule has 6 aliphatic rings. The third-order valence-corrected chi connectivity index (χ3v) is 10.7. The largest absolute Gasteiger partial charge is 0.357 e. The maximum Gasteiger partial charge on any atom is 0.177 e. The molecule has 0 unspecified atom stereocenters. The molecule has 2 aliphatic heterocycles. The summed E-state index contributed by atoms with van der Waals surface area (Å²) in [4.78, 5) is 17.1. The summed E-state index contributed by atoms with van der Waals surface area (Å²) in [5.74, 6) is 1.66. The summed E-state index contributed by atoms with van der Waals surface area (Å²) in [7, 11) is 0. The number of fused-ring (bicyclic) bond motifs is 3. The van der Waals surface area contributed by atoms with Crippen LogP contribution in [0.1, 0.15) is 67.2 Å². The fraction of sp³-hybridized carbons (Fsp3) is 0.452. The third kappa shape index (κ3) is 2.87. The van der Waals surface area contributed by atoms with E-state index in [2.05, 4.69) is 33.0 Å². The summed E-state index contributed by atoms with van der Waals surface area (Å²) in [6, 6.07) is 19.8. The molecule has 4 aliphatic carbocycles. The molecule has 0 aromatic heterocycles. The van der Waals surface area contributed by atoms with Gasteiger partial charge in [-0.1, -0.05) is 58.4 Å². The van der Waals surface area contributed by atoms with Crippen molar-refractivity contribution in [2.75, 3.05) is 0 Å². The summed E-state index contributed by atoms with van der Waals surface area (Å²) in [6.45, 7) is 0. The molecule has 4 nitrogen and oxygen atoms in total. The lowest BCUT2D eigenvalue weighted by atomic mass is 9.47. The van der Waals surface area contributed by atoms with E-state index in [-0.39, 0.29) is 11.2 Å². The van der Waals surface area contributed by atoms with Crippen molar-refractivity contribution in [2.45, 2.75) is 56.5 Å². The van der Waals surface area contributed by atoms with Gasteiger partial charge in [0.2, 0.25) is 0 Å². The molecule has 0 spiro atoms. The van der Waals surface area contributed by atoms with Crippen LogP contribution in [-0.2, 0) is 4.79 Å². The molecular formula is C31H28BrN3O. The summed E-state index contributed by atoms with van der Waals surface area (Å²) in [5.41, 5.74) is 1.13. The minimum atomic E-state index is -1.40. The van der Waals surface area contributed by atoms with Crippen LogP contribution >= 0.6 is 15.9 Å². The van der Waals surface area contributed by atoms with E-state index in [4.69, 9.17) is 0 Å². The molecule has 5 fully saturated rings. The topological polar surface area (TPSA) is 67.9 Å². The summed E-state index contributed by atoms with van der Waals surface area (Å²) in [6.07, 6.45) is 10.8. The van der Waals surface area contributed by atoms with E-state index in [1.54, 1.807) is 0 Å². The molecular weight excluding hydrogens is 510 g/mol. The van der Waals surface area contributed by atoms with Gasteiger partial charge < -0.3 is 4.90 Å². The Morgan fingerprint density at radius 1 is 0.889 bits per heavy atom. The van der Waals surface area contributed by atoms with Crippen LogP contribution in [0.2, 0.25) is 0 Å². The van der Waals surface area contributed by atoms with E-state index in [0.717, 1.165) is 40.4 Å². The molecule has 4 bridgehead atoms. The number of halogens is 1. The second-order valence-corrected chi connectivity index (χ2v) is 12.7. The Kier molecular flexibility index (Phi) is 4.84. The van der Waals surface area contributed by atoms with Crippen LogP contribution in [-0.4, -0.2) is 16.7 Å². The van der Waals surface area contributed by atoms with E-state index < -0.39 is 23.4 Å². The first kappa shape index (κ1) is 22.3. The van der Waals surface area contributed by atoms with E-state index in [9.17, 15) is 15.3 Å². The van der Waals surface area contributed by atoms with Crippen molar-refractivity contribution in [3.63, 3.8) is 0 Å². The number of benzene rings is 2. The van der Waals surface area contributed by atoms with Crippen molar-refractivity contribution in [2.24, 2.45) is 28.6 Å². The number of nitriles is 2. The van der Waals surface area contributed by atoms with Crippen molar-refractivity contribution in [3.05, 3.63) is 75.9 Å². The average Bonchev–Trinajstić information content (AvgIpc) is 3.18. The average molecular weight is 538 g/mol. The molecule has 0 radical (unpaired) electrons. The van der Waals surface area contributed by atoms with Crippen LogP contribution in [0.5, 0.6) is 0 Å². The van der Waals surface area contributed by atoms with Gasteiger partial charge in [-0.15, -0.1) is 0 Å². The maximum atomic E-state index is 15.0. The number of nitrogens with zero attached hydrogens (tertiary/aromatic N) is 3. The highest BCUT2D eigenvalue weighted by Crippen LogP contribution is 2.65. The van der Waals surface area contributed by atoms with Gasteiger partial charge in [0, 0.05) is 22.0 Å². The summed E-state index contributed by atoms with van der Waals surface area (Å²) < 4.78 is 0.852. The van der Waals surface area contributed by atoms with Crippen molar-refractivity contribution < 1.29 is 4.79 Å². The van der Waals surface area contributed by atoms with E-state index in [1.165, 1.54) is 19.3 Å². The van der Waals surface area contributed by atoms with Crippen molar-refractivity contribution in [1.29, 1.82) is 10.5 Å². The molecule has 2 aromatic carbocycles. The number of ketones is 1. The highest BCUT2D eigenvalue weighted by atomic mass is 79.9. The Morgan fingerprint density at radius 2 is 1.47 bits per heavy atom. The predicted octanol–water partition coefficient (Wildman–Crippen LogP) is 6.76. The van der Waals surface area contributed by atoms with E-state index >= 15 is 0 Å². The van der Waals surface area contributed by atoms with Crippen LogP contribution in [0.4, 0.5) is 0 Å². The van der Waals surface area contributed by atoms with Gasteiger partial charge in [0.05, 0.1) is 24.2 Å². The molecule has 0 N–H and O–H groups in total. The number of Topliss-reactive ketones (excluding diaryl/α,β-unsaturated/α-hetero) is 1. The Morgan fingerprint density at radius 3 is 2.08 bits per heavy atom. The zero-order valence-electron chi connectivity index (χ0n) is 20.1. The second-order valence-electron chi connectivity index (χ2n) is 11.9. The molecule has 3 atom stereocenters. The molecule has 0 amide bonds. The van der Waals surface area contributed by atoms with E-state index in [0.29, 0.717) is 17.8 Å². The highest BCUT2D eigenvalue weighted by molar-refractivity contribution is 9.10. The van der Waals surface area contributed by atoms with Gasteiger partial charge in [0.15, 0.2) is 11.2 Å². The molecule has 2 heterocycles. The fourth-order valence-corrected chi connectivity index (χ4v) is 9.62. The first-order valence-corrected chi connectivity index (χ1v) is 13.9. The number of rotatable bonds is 3. The number of carbonyl (C=O) groups is 1. The Hall–Kier alpha value is -2.89. The zero-order valence-corrected chi connectivity index (χ0v) is 21.7. The molecule has 5 heteroatoms. The van der Waals surface area contributed by atoms with Gasteiger partial charge in [-0.25, -0.2) is 0 Å². The quantitative estimate of drug-likeness (QED) is 0.433. The predicted molar refractivity (Wildman–Crippen MR) is 140 cm³/mol. The molecule has 180 valence electrons. The fourth-order valence-electron chi connectivity index (χ4n) is 9.09. The normalized spacial score (nSPS) is 36.6. The van der Waals surface area contributed by atoms with Gasteiger partial charge in [-0.3, -0.25) is 4.79 Å². The second kappa shape index (κ2) is 7.80. The summed E-state index contributed by atoms with van der Waals surface area (Å²) in [5, 5.41) is 21.6. The lowest BCUT2D eigenvalue weighted by Crippen LogP contribution is -2.55. The van der Waals surface area contributed by atoms with Crippen molar-refractivity contribution in [1.82, 2.24) is 4.90 Å². The van der Waals surface area contributed by atoms with Gasteiger partial charge in [0.25, 0.3) is 0 Å². The van der Waals surface area contributed by atoms with Crippen LogP contribution in [0.3, 0.4) is 0 Å². The molecule has 2 aromatic rings. The number of hydrogen-bond donors (Lipinski definition) is 0. The van der Waals surface area contributed by atoms with E-state index in [1.807, 2.05) is 60.8 Å². The lowest BCUT2D eigenvalue weighted by Gasteiger charge is -2.57. The minimum absolute atomic E-state index is 0.267. The summed E-state index contributed by atoms with van der Waals surface area (Å²) >= 11 is 3.72. The van der Waals surface area contributed by atoms with Crippen molar-refractivity contribution in [3.8, 4) is 12.1 Å². The van der Waals surface area contributed by atoms with Crippen LogP contribution < -0.4 is 0 Å². The SMILES string of the molecule is N#CC1(C#N)[C@@H]2c3ccccc3C=CN2[C@@H](C(=O)C23CC4CC(CC(C4)C2)C3)[C@@H]1c1ccccc1Br. The number of carbonyl (C=O) groups excluding carboxylic acids is 1. The Bertz CT molecular complexity index is 1330. The molecule has 8 rings (SSSR count). The monoisotopic (exact) mass is 537 g/mol. The molecule has 36 heavy (non-hydrogen) atoms. The smallest absolute Gasteiger partial charge is 0.177 e. The first-order valence-electron chi connectivity index (χ1n) is 13.2.